The Labute approximate surface area is 179 Å². The molecule has 0 radical (unpaired) electrons. The van der Waals surface area contributed by atoms with E-state index in [1.165, 1.54) is 9.13 Å². The van der Waals surface area contributed by atoms with Crippen molar-refractivity contribution in [3.63, 3.8) is 0 Å². The molecule has 1 aromatic heterocycles. The number of nitrogens with one attached hydrogen (secondary N) is 1. The van der Waals surface area contributed by atoms with Crippen molar-refractivity contribution in [2.24, 2.45) is 0 Å². The molecular weight excluding hydrogens is 390 g/mol. The summed E-state index contributed by atoms with van der Waals surface area (Å²) in [4.78, 5) is 38.6. The molecule has 0 aliphatic carbocycles. The molecule has 31 heavy (non-hydrogen) atoms. The summed E-state index contributed by atoms with van der Waals surface area (Å²) in [6.45, 7) is 1.94. The van der Waals surface area contributed by atoms with Gasteiger partial charge in [-0.25, -0.2) is 0 Å². The number of nitrogens with zero attached hydrogens (tertiary/aromatic N) is 2. The third-order valence-electron chi connectivity index (χ3n) is 5.30. The van der Waals surface area contributed by atoms with Crippen LogP contribution in [0.4, 0.5) is 0 Å². The summed E-state index contributed by atoms with van der Waals surface area (Å²) in [7, 11) is 0. The number of carbonyl (C=O) groups excluding carboxylic acids is 1. The summed E-state index contributed by atoms with van der Waals surface area (Å²) in [6.07, 6.45) is 0. The molecule has 0 bridgehead atoms. The molecule has 1 atom stereocenters. The van der Waals surface area contributed by atoms with E-state index >= 15 is 0 Å². The largest absolute Gasteiger partial charge is 0.348 e. The van der Waals surface area contributed by atoms with E-state index in [1.807, 2.05) is 73.7 Å². The molecule has 1 N–H and O–H groups in total. The first-order chi connectivity index (χ1) is 15.0. The van der Waals surface area contributed by atoms with Crippen LogP contribution in [0.15, 0.2) is 94.5 Å². The maximum atomic E-state index is 12.9. The fraction of sp³-hybridized carbons (Fsp3) is 0.160. The first-order valence-corrected chi connectivity index (χ1v) is 10.1. The molecule has 0 aliphatic rings. The van der Waals surface area contributed by atoms with Crippen LogP contribution < -0.4 is 16.4 Å². The zero-order chi connectivity index (χ0) is 21.8. The molecule has 4 rings (SSSR count). The Morgan fingerprint density at radius 1 is 0.774 bits per heavy atom. The Kier molecular flexibility index (Phi) is 5.80. The van der Waals surface area contributed by atoms with Crippen molar-refractivity contribution >= 4 is 16.9 Å². The minimum Gasteiger partial charge on any atom is -0.348 e. The van der Waals surface area contributed by atoms with E-state index in [4.69, 9.17) is 0 Å². The van der Waals surface area contributed by atoms with Gasteiger partial charge in [-0.3, -0.25) is 23.5 Å². The van der Waals surface area contributed by atoms with Gasteiger partial charge < -0.3 is 5.32 Å². The van der Waals surface area contributed by atoms with Gasteiger partial charge in [0.15, 0.2) is 0 Å². The third kappa shape index (κ3) is 4.33. The van der Waals surface area contributed by atoms with Gasteiger partial charge in [0.25, 0.3) is 0 Å². The Balaban J connectivity index is 1.68. The minimum absolute atomic E-state index is 0.214. The number of hydrogen-bond donors (Lipinski definition) is 1. The normalized spacial score (nSPS) is 11.9. The van der Waals surface area contributed by atoms with E-state index < -0.39 is 11.1 Å². The van der Waals surface area contributed by atoms with Gasteiger partial charge in [-0.1, -0.05) is 72.8 Å². The Morgan fingerprint density at radius 3 is 1.94 bits per heavy atom. The van der Waals surface area contributed by atoms with Crippen LogP contribution in [0.2, 0.25) is 0 Å². The molecule has 6 heteroatoms. The molecule has 0 saturated heterocycles. The molecule has 0 fully saturated rings. The van der Waals surface area contributed by atoms with Gasteiger partial charge in [0.2, 0.25) is 5.91 Å². The number of rotatable bonds is 6. The monoisotopic (exact) mass is 413 g/mol. The van der Waals surface area contributed by atoms with Crippen molar-refractivity contribution in [2.45, 2.75) is 26.1 Å². The van der Waals surface area contributed by atoms with Gasteiger partial charge >= 0.3 is 11.1 Å². The highest BCUT2D eigenvalue weighted by atomic mass is 16.2. The molecule has 4 aromatic rings. The van der Waals surface area contributed by atoms with Crippen molar-refractivity contribution in [3.05, 3.63) is 117 Å². The fourth-order valence-electron chi connectivity index (χ4n) is 3.71. The average molecular weight is 413 g/mol. The smallest absolute Gasteiger partial charge is 0.317 e. The van der Waals surface area contributed by atoms with Crippen molar-refractivity contribution in [1.29, 1.82) is 0 Å². The molecule has 3 aromatic carbocycles. The molecule has 1 amide bonds. The summed E-state index contributed by atoms with van der Waals surface area (Å²) in [5.74, 6) is -0.330. The van der Waals surface area contributed by atoms with Crippen LogP contribution in [-0.2, 0) is 17.9 Å². The first-order valence-electron chi connectivity index (χ1n) is 10.1. The molecule has 1 heterocycles. The van der Waals surface area contributed by atoms with Crippen LogP contribution in [0, 0.1) is 0 Å². The van der Waals surface area contributed by atoms with Crippen LogP contribution >= 0.6 is 0 Å². The number of benzene rings is 3. The topological polar surface area (TPSA) is 73.1 Å². The van der Waals surface area contributed by atoms with Gasteiger partial charge in [0, 0.05) is 0 Å². The quantitative estimate of drug-likeness (QED) is 0.494. The highest BCUT2D eigenvalue weighted by Gasteiger charge is 2.17. The molecule has 0 saturated carbocycles. The van der Waals surface area contributed by atoms with Gasteiger partial charge in [0.1, 0.15) is 6.54 Å². The van der Waals surface area contributed by atoms with Gasteiger partial charge in [-0.15, -0.1) is 0 Å². The van der Waals surface area contributed by atoms with Gasteiger partial charge in [0.05, 0.1) is 23.6 Å². The van der Waals surface area contributed by atoms with E-state index in [0.717, 1.165) is 11.1 Å². The summed E-state index contributed by atoms with van der Waals surface area (Å²) < 4.78 is 2.72. The third-order valence-corrected chi connectivity index (χ3v) is 5.30. The summed E-state index contributed by atoms with van der Waals surface area (Å²) in [6, 6.07) is 26.0. The zero-order valence-electron chi connectivity index (χ0n) is 17.2. The standard InChI is InChI=1S/C25H23N3O3/c1-18(20-12-6-3-7-13-20)26-23(29)17-28-22-15-9-8-14-21(22)27(24(30)25(28)31)16-19-10-4-2-5-11-19/h2-15,18H,16-17H2,1H3,(H,26,29). The van der Waals surface area contributed by atoms with Crippen molar-refractivity contribution in [2.75, 3.05) is 0 Å². The van der Waals surface area contributed by atoms with Gasteiger partial charge in [-0.05, 0) is 30.2 Å². The number of carbonyl (C=O) groups is 1. The lowest BCUT2D eigenvalue weighted by Crippen LogP contribution is -2.44. The van der Waals surface area contributed by atoms with Crippen LogP contribution in [0.1, 0.15) is 24.1 Å². The highest BCUT2D eigenvalue weighted by Crippen LogP contribution is 2.14. The first kappa shape index (κ1) is 20.3. The lowest BCUT2D eigenvalue weighted by molar-refractivity contribution is -0.122. The Morgan fingerprint density at radius 2 is 1.29 bits per heavy atom. The second kappa shape index (κ2) is 8.83. The van der Waals surface area contributed by atoms with Crippen LogP contribution in [0.3, 0.4) is 0 Å². The SMILES string of the molecule is CC(NC(=O)Cn1c(=O)c(=O)n(Cc2ccccc2)c2ccccc21)c1ccccc1. The predicted molar refractivity (Wildman–Crippen MR) is 121 cm³/mol. The highest BCUT2D eigenvalue weighted by molar-refractivity contribution is 5.80. The Hall–Kier alpha value is -3.93. The number of fused-ring (bicyclic) bond motifs is 1. The number of amides is 1. The Bertz CT molecular complexity index is 1330. The van der Waals surface area contributed by atoms with E-state index in [2.05, 4.69) is 5.32 Å². The van der Waals surface area contributed by atoms with Crippen LogP contribution in [0.5, 0.6) is 0 Å². The molecule has 156 valence electrons. The number of para-hydroxylation sites is 2. The van der Waals surface area contributed by atoms with E-state index in [9.17, 15) is 14.4 Å². The predicted octanol–water partition coefficient (Wildman–Crippen LogP) is 3.09. The van der Waals surface area contributed by atoms with E-state index in [1.54, 1.807) is 18.2 Å². The summed E-state index contributed by atoms with van der Waals surface area (Å²) >= 11 is 0. The number of hydrogen-bond acceptors (Lipinski definition) is 3. The molecular formula is C25H23N3O3. The van der Waals surface area contributed by atoms with Crippen LogP contribution in [-0.4, -0.2) is 15.0 Å². The van der Waals surface area contributed by atoms with E-state index in [0.29, 0.717) is 11.0 Å². The molecule has 0 aliphatic heterocycles. The minimum atomic E-state index is -0.711. The summed E-state index contributed by atoms with van der Waals surface area (Å²) in [5.41, 5.74) is 1.68. The molecule has 0 spiro atoms. The number of aromatic nitrogens is 2. The maximum Gasteiger partial charge on any atom is 0.317 e. The second-order valence-electron chi connectivity index (χ2n) is 7.46. The maximum absolute atomic E-state index is 12.9. The van der Waals surface area contributed by atoms with Crippen molar-refractivity contribution in [1.82, 2.24) is 14.5 Å². The van der Waals surface area contributed by atoms with E-state index in [-0.39, 0.29) is 25.0 Å². The zero-order valence-corrected chi connectivity index (χ0v) is 17.2. The molecule has 1 unspecified atom stereocenters. The second-order valence-corrected chi connectivity index (χ2v) is 7.46. The molecule has 6 nitrogen and oxygen atoms in total. The lowest BCUT2D eigenvalue weighted by atomic mass is 10.1. The average Bonchev–Trinajstić information content (AvgIpc) is 2.81. The van der Waals surface area contributed by atoms with Crippen molar-refractivity contribution < 1.29 is 4.79 Å². The lowest BCUT2D eigenvalue weighted by Gasteiger charge is -2.17. The fourth-order valence-corrected chi connectivity index (χ4v) is 3.71. The van der Waals surface area contributed by atoms with Crippen molar-refractivity contribution in [3.8, 4) is 0 Å². The summed E-state index contributed by atoms with van der Waals surface area (Å²) in [5, 5.41) is 2.90. The van der Waals surface area contributed by atoms with Crippen LogP contribution in [0.25, 0.3) is 11.0 Å². The van der Waals surface area contributed by atoms with Gasteiger partial charge in [-0.2, -0.15) is 0 Å².